The van der Waals surface area contributed by atoms with Crippen molar-refractivity contribution >= 4 is 5.97 Å². The summed E-state index contributed by atoms with van der Waals surface area (Å²) in [5.74, 6) is -0.316. The zero-order valence-electron chi connectivity index (χ0n) is 23.7. The van der Waals surface area contributed by atoms with Crippen molar-refractivity contribution in [3.8, 4) is 0 Å². The summed E-state index contributed by atoms with van der Waals surface area (Å²) in [6.07, 6.45) is 32.2. The van der Waals surface area contributed by atoms with E-state index in [9.17, 15) is 4.79 Å². The third-order valence-corrected chi connectivity index (χ3v) is 6.09. The van der Waals surface area contributed by atoms with Gasteiger partial charge in [-0.25, -0.2) is 4.79 Å². The second-order valence-electron chi connectivity index (χ2n) is 10.1. The number of carbonyl (C=O) groups excluding carboxylic acids is 1. The summed E-state index contributed by atoms with van der Waals surface area (Å²) in [7, 11) is 0. The fourth-order valence-corrected chi connectivity index (χ4v) is 3.96. The summed E-state index contributed by atoms with van der Waals surface area (Å²) >= 11 is 0. The van der Waals surface area contributed by atoms with E-state index in [0.29, 0.717) is 6.61 Å². The monoisotopic (exact) mass is 486 g/mol. The van der Waals surface area contributed by atoms with E-state index in [-0.39, 0.29) is 11.4 Å². The molecule has 0 aromatic rings. The van der Waals surface area contributed by atoms with Crippen molar-refractivity contribution < 1.29 is 9.53 Å². The van der Waals surface area contributed by atoms with E-state index in [1.165, 1.54) is 47.6 Å². The van der Waals surface area contributed by atoms with Crippen LogP contribution in [-0.2, 0) is 9.53 Å². The number of ether oxygens (including phenoxy) is 1. The van der Waals surface area contributed by atoms with E-state index in [1.807, 2.05) is 31.2 Å². The van der Waals surface area contributed by atoms with Gasteiger partial charge in [0.25, 0.3) is 0 Å². The van der Waals surface area contributed by atoms with Gasteiger partial charge in [-0.05, 0) is 71.8 Å². The summed E-state index contributed by atoms with van der Waals surface area (Å²) in [4.78, 5) is 11.3. The molecule has 1 rings (SSSR count). The highest BCUT2D eigenvalue weighted by Gasteiger charge is 2.26. The van der Waals surface area contributed by atoms with Gasteiger partial charge in [-0.15, -0.1) is 0 Å². The lowest BCUT2D eigenvalue weighted by atomic mass is 9.72. The van der Waals surface area contributed by atoms with E-state index in [0.717, 1.165) is 11.1 Å². The lowest BCUT2D eigenvalue weighted by Gasteiger charge is -2.32. The van der Waals surface area contributed by atoms with E-state index in [4.69, 9.17) is 4.74 Å². The van der Waals surface area contributed by atoms with Crippen LogP contribution in [0.25, 0.3) is 0 Å². The first-order valence-electron chi connectivity index (χ1n) is 13.0. The summed E-state index contributed by atoms with van der Waals surface area (Å²) in [5, 5.41) is 0. The molecular weight excluding hydrogens is 440 g/mol. The zero-order valence-corrected chi connectivity index (χ0v) is 23.7. The van der Waals surface area contributed by atoms with Crippen LogP contribution in [0, 0.1) is 5.41 Å². The maximum Gasteiger partial charge on any atom is 0.330 e. The molecule has 0 fully saturated rings. The Morgan fingerprint density at radius 1 is 0.778 bits per heavy atom. The van der Waals surface area contributed by atoms with Crippen LogP contribution in [0.5, 0.6) is 0 Å². The average Bonchev–Trinajstić information content (AvgIpc) is 2.80. The molecule has 0 aliphatic heterocycles. The van der Waals surface area contributed by atoms with Crippen molar-refractivity contribution in [2.75, 3.05) is 6.61 Å². The largest absolute Gasteiger partial charge is 0.463 e. The molecule has 36 heavy (non-hydrogen) atoms. The lowest BCUT2D eigenvalue weighted by Crippen LogP contribution is -2.19. The van der Waals surface area contributed by atoms with E-state index < -0.39 is 0 Å². The minimum absolute atomic E-state index is 0.279. The Labute approximate surface area is 220 Å². The van der Waals surface area contributed by atoms with Crippen molar-refractivity contribution in [3.63, 3.8) is 0 Å². The lowest BCUT2D eigenvalue weighted by molar-refractivity contribution is -0.137. The van der Waals surface area contributed by atoms with E-state index in [2.05, 4.69) is 90.2 Å². The SMILES string of the molecule is CCOC(=O)/C=C/C(C)=C/C=C/C(C)=C/C=C/C=C(C)/C=C/C=C(C)/C=C/C1=C(C)CCCC1(C)C. The van der Waals surface area contributed by atoms with Crippen molar-refractivity contribution in [1.29, 1.82) is 0 Å². The van der Waals surface area contributed by atoms with Crippen molar-refractivity contribution in [2.45, 2.75) is 74.7 Å². The third-order valence-electron chi connectivity index (χ3n) is 6.09. The number of rotatable bonds is 11. The number of carbonyl (C=O) groups is 1. The van der Waals surface area contributed by atoms with Crippen LogP contribution < -0.4 is 0 Å². The summed E-state index contributed by atoms with van der Waals surface area (Å²) in [6, 6.07) is 0. The third kappa shape index (κ3) is 13.1. The highest BCUT2D eigenvalue weighted by Crippen LogP contribution is 2.40. The van der Waals surface area contributed by atoms with Gasteiger partial charge in [-0.2, -0.15) is 0 Å². The molecule has 2 nitrogen and oxygen atoms in total. The molecule has 1 aliphatic carbocycles. The topological polar surface area (TPSA) is 26.3 Å². The molecule has 0 aromatic carbocycles. The predicted molar refractivity (Wildman–Crippen MR) is 158 cm³/mol. The fraction of sp³-hybridized carbons (Fsp3) is 0.382. The van der Waals surface area contributed by atoms with Crippen LogP contribution in [0.15, 0.2) is 119 Å². The molecule has 1 aliphatic rings. The minimum atomic E-state index is -0.316. The Morgan fingerprint density at radius 2 is 1.28 bits per heavy atom. The summed E-state index contributed by atoms with van der Waals surface area (Å²) < 4.78 is 4.88. The van der Waals surface area contributed by atoms with Gasteiger partial charge >= 0.3 is 5.97 Å². The predicted octanol–water partition coefficient (Wildman–Crippen LogP) is 9.64. The van der Waals surface area contributed by atoms with Gasteiger partial charge in [-0.3, -0.25) is 0 Å². The zero-order chi connectivity index (χ0) is 27.0. The summed E-state index contributed by atoms with van der Waals surface area (Å²) in [5.41, 5.74) is 7.89. The highest BCUT2D eigenvalue weighted by atomic mass is 16.5. The quantitative estimate of drug-likeness (QED) is 0.165. The van der Waals surface area contributed by atoms with Crippen LogP contribution >= 0.6 is 0 Å². The Hall–Kier alpha value is -3.13. The van der Waals surface area contributed by atoms with Crippen LogP contribution in [0.3, 0.4) is 0 Å². The Bertz CT molecular complexity index is 1040. The average molecular weight is 487 g/mol. The molecule has 194 valence electrons. The molecule has 0 spiro atoms. The Balaban J connectivity index is 2.61. The van der Waals surface area contributed by atoms with Crippen LogP contribution in [0.1, 0.15) is 74.7 Å². The number of hydrogen-bond donors (Lipinski definition) is 0. The maximum atomic E-state index is 11.3. The number of hydrogen-bond acceptors (Lipinski definition) is 2. The van der Waals surface area contributed by atoms with Crippen LogP contribution in [-0.4, -0.2) is 12.6 Å². The number of esters is 1. The van der Waals surface area contributed by atoms with Gasteiger partial charge in [0.2, 0.25) is 0 Å². The summed E-state index contributed by atoms with van der Waals surface area (Å²) in [6.45, 7) is 17.4. The molecular formula is C34H46O2. The van der Waals surface area contributed by atoms with E-state index >= 15 is 0 Å². The van der Waals surface area contributed by atoms with Crippen molar-refractivity contribution in [3.05, 3.63) is 119 Å². The van der Waals surface area contributed by atoms with Gasteiger partial charge in [-0.1, -0.05) is 121 Å². The normalized spacial score (nSPS) is 18.7. The first-order chi connectivity index (χ1) is 17.0. The molecule has 2 heteroatoms. The molecule has 0 aromatic heterocycles. The second kappa shape index (κ2) is 16.5. The van der Waals surface area contributed by atoms with Gasteiger partial charge in [0, 0.05) is 6.08 Å². The highest BCUT2D eigenvalue weighted by molar-refractivity contribution is 5.82. The van der Waals surface area contributed by atoms with E-state index in [1.54, 1.807) is 13.0 Å². The second-order valence-corrected chi connectivity index (χ2v) is 10.1. The van der Waals surface area contributed by atoms with Gasteiger partial charge in [0.05, 0.1) is 6.61 Å². The van der Waals surface area contributed by atoms with Crippen molar-refractivity contribution in [2.24, 2.45) is 5.41 Å². The number of allylic oxidation sites excluding steroid dienone is 19. The van der Waals surface area contributed by atoms with Crippen molar-refractivity contribution in [1.82, 2.24) is 0 Å². The van der Waals surface area contributed by atoms with Gasteiger partial charge < -0.3 is 4.74 Å². The smallest absolute Gasteiger partial charge is 0.330 e. The molecule has 0 heterocycles. The first-order valence-corrected chi connectivity index (χ1v) is 13.0. The van der Waals surface area contributed by atoms with Crippen LogP contribution in [0.2, 0.25) is 0 Å². The molecule has 0 radical (unpaired) electrons. The molecule has 0 amide bonds. The molecule has 0 unspecified atom stereocenters. The molecule has 0 saturated heterocycles. The standard InChI is InChI=1S/C34H46O2/c1-9-36-33(35)25-23-30(5)20-13-18-28(3)16-11-10-15-27(2)17-12-19-29(4)22-24-32-31(6)21-14-26-34(32,7)8/h10-13,15-20,22-25H,9,14,21,26H2,1-8H3/b11-10+,17-12+,18-13+,24-22+,25-23+,27-15+,28-16+,29-19+,30-20+. The molecule has 0 N–H and O–H groups in total. The molecule has 0 saturated carbocycles. The molecule has 0 bridgehead atoms. The van der Waals surface area contributed by atoms with Gasteiger partial charge in [0.15, 0.2) is 0 Å². The first kappa shape index (κ1) is 30.9. The Kier molecular flexibility index (Phi) is 14.2. The minimum Gasteiger partial charge on any atom is -0.463 e. The van der Waals surface area contributed by atoms with Gasteiger partial charge in [0.1, 0.15) is 0 Å². The maximum absolute atomic E-state index is 11.3. The van der Waals surface area contributed by atoms with Crippen LogP contribution in [0.4, 0.5) is 0 Å². The molecule has 0 atom stereocenters. The fourth-order valence-electron chi connectivity index (χ4n) is 3.96. The Morgan fingerprint density at radius 3 is 1.81 bits per heavy atom.